The monoisotopic (exact) mass is 226 g/mol. The van der Waals surface area contributed by atoms with Crippen LogP contribution in [0, 0.1) is 23.7 Å². The molecule has 2 aliphatic rings. The first kappa shape index (κ1) is 10.7. The summed E-state index contributed by atoms with van der Waals surface area (Å²) in [5.74, 6) is -6.78. The van der Waals surface area contributed by atoms with Crippen LogP contribution in [0.1, 0.15) is 6.42 Å². The summed E-state index contributed by atoms with van der Waals surface area (Å²) in [6.07, 6.45) is 1.71. The molecule has 0 aromatic carbocycles. The van der Waals surface area contributed by atoms with Crippen LogP contribution in [0.2, 0.25) is 0 Å². The fourth-order valence-corrected chi connectivity index (χ4v) is 2.84. The second-order valence-electron chi connectivity index (χ2n) is 4.16. The molecule has 3 N–H and O–H groups in total. The lowest BCUT2D eigenvalue weighted by atomic mass is 9.79. The predicted molar refractivity (Wildman–Crippen MR) is 49.6 cm³/mol. The minimum atomic E-state index is -1.23. The Morgan fingerprint density at radius 1 is 1.06 bits per heavy atom. The summed E-state index contributed by atoms with van der Waals surface area (Å²) in [6.45, 7) is 0. The number of allylic oxidation sites excluding steroid dienone is 1. The Labute approximate surface area is 90.2 Å². The van der Waals surface area contributed by atoms with Gasteiger partial charge in [-0.2, -0.15) is 0 Å². The lowest BCUT2D eigenvalue weighted by Crippen LogP contribution is -2.35. The number of hydrogen-bond acceptors (Lipinski definition) is 3. The van der Waals surface area contributed by atoms with Gasteiger partial charge in [0.1, 0.15) is 0 Å². The van der Waals surface area contributed by atoms with Crippen molar-refractivity contribution in [2.24, 2.45) is 23.7 Å². The first-order valence-corrected chi connectivity index (χ1v) is 4.84. The molecule has 0 aromatic heterocycles. The summed E-state index contributed by atoms with van der Waals surface area (Å²) in [7, 11) is 0. The highest BCUT2D eigenvalue weighted by molar-refractivity contribution is 5.92. The van der Waals surface area contributed by atoms with Crippen molar-refractivity contribution in [3.63, 3.8) is 0 Å². The molecule has 86 valence electrons. The smallest absolute Gasteiger partial charge is 0.331 e. The molecule has 6 heteroatoms. The van der Waals surface area contributed by atoms with Crippen molar-refractivity contribution in [2.75, 3.05) is 0 Å². The van der Waals surface area contributed by atoms with E-state index in [0.717, 1.165) is 0 Å². The van der Waals surface area contributed by atoms with E-state index in [0.29, 0.717) is 6.42 Å². The highest BCUT2D eigenvalue weighted by Gasteiger charge is 2.56. The summed E-state index contributed by atoms with van der Waals surface area (Å²) in [5, 5.41) is 26.8. The first-order chi connectivity index (χ1) is 7.43. The molecule has 0 spiro atoms. The van der Waals surface area contributed by atoms with Crippen LogP contribution in [0.15, 0.2) is 11.6 Å². The van der Waals surface area contributed by atoms with Crippen LogP contribution in [-0.2, 0) is 14.4 Å². The summed E-state index contributed by atoms with van der Waals surface area (Å²) in [5.41, 5.74) is 0.0508. The van der Waals surface area contributed by atoms with Crippen molar-refractivity contribution < 1.29 is 29.7 Å². The fraction of sp³-hybridized carbons (Fsp3) is 0.500. The van der Waals surface area contributed by atoms with Crippen LogP contribution in [0.4, 0.5) is 0 Å². The highest BCUT2D eigenvalue weighted by atomic mass is 16.4. The Bertz CT molecular complexity index is 410. The molecular weight excluding hydrogens is 216 g/mol. The van der Waals surface area contributed by atoms with Crippen LogP contribution in [-0.4, -0.2) is 33.2 Å². The third-order valence-corrected chi connectivity index (χ3v) is 3.42. The van der Waals surface area contributed by atoms with Gasteiger partial charge in [-0.05, 0) is 12.3 Å². The number of aliphatic carboxylic acids is 3. The number of rotatable bonds is 3. The van der Waals surface area contributed by atoms with Gasteiger partial charge in [0, 0.05) is 11.5 Å². The van der Waals surface area contributed by atoms with Crippen LogP contribution in [0.5, 0.6) is 0 Å². The van der Waals surface area contributed by atoms with E-state index in [1.807, 2.05) is 0 Å². The Kier molecular flexibility index (Phi) is 2.22. The molecule has 2 bridgehead atoms. The van der Waals surface area contributed by atoms with Crippen molar-refractivity contribution in [1.29, 1.82) is 0 Å². The van der Waals surface area contributed by atoms with Gasteiger partial charge in [0.15, 0.2) is 0 Å². The Morgan fingerprint density at radius 3 is 2.06 bits per heavy atom. The SMILES string of the molecule is O=C(O)C1=CC2CC1C(C(=O)O)C2C(=O)O. The van der Waals surface area contributed by atoms with Gasteiger partial charge < -0.3 is 15.3 Å². The molecule has 0 aromatic rings. The Morgan fingerprint density at radius 2 is 1.62 bits per heavy atom. The van der Waals surface area contributed by atoms with E-state index in [1.54, 1.807) is 0 Å². The van der Waals surface area contributed by atoms with E-state index < -0.39 is 41.6 Å². The third kappa shape index (κ3) is 1.30. The van der Waals surface area contributed by atoms with Gasteiger partial charge in [-0.1, -0.05) is 6.08 Å². The molecule has 0 amide bonds. The number of carbonyl (C=O) groups is 3. The highest BCUT2D eigenvalue weighted by Crippen LogP contribution is 2.51. The Balaban J connectivity index is 2.38. The van der Waals surface area contributed by atoms with E-state index in [4.69, 9.17) is 15.3 Å². The van der Waals surface area contributed by atoms with Crippen LogP contribution < -0.4 is 0 Å². The predicted octanol–water partition coefficient (Wildman–Crippen LogP) is 0.0487. The molecule has 0 radical (unpaired) electrons. The molecule has 16 heavy (non-hydrogen) atoms. The van der Waals surface area contributed by atoms with Gasteiger partial charge in [0.2, 0.25) is 0 Å². The van der Waals surface area contributed by atoms with Gasteiger partial charge in [-0.15, -0.1) is 0 Å². The fourth-order valence-electron chi connectivity index (χ4n) is 2.84. The van der Waals surface area contributed by atoms with Crippen molar-refractivity contribution >= 4 is 17.9 Å². The standard InChI is InChI=1S/C10H10O6/c11-8(12)5-2-3-1-4(5)7(10(15)16)6(3)9(13)14/h2-4,6-7H,1H2,(H,11,12)(H,13,14)(H,15,16). The quantitative estimate of drug-likeness (QED) is 0.626. The van der Waals surface area contributed by atoms with Crippen LogP contribution in [0.25, 0.3) is 0 Å². The van der Waals surface area contributed by atoms with Crippen LogP contribution >= 0.6 is 0 Å². The molecule has 6 nitrogen and oxygen atoms in total. The molecule has 0 heterocycles. The minimum Gasteiger partial charge on any atom is -0.481 e. The summed E-state index contributed by atoms with van der Waals surface area (Å²) >= 11 is 0. The van der Waals surface area contributed by atoms with E-state index in [-0.39, 0.29) is 5.57 Å². The molecule has 2 aliphatic carbocycles. The number of carboxylic acid groups (broad SMARTS) is 3. The lowest BCUT2D eigenvalue weighted by Gasteiger charge is -2.23. The molecule has 1 saturated carbocycles. The zero-order valence-electron chi connectivity index (χ0n) is 8.16. The minimum absolute atomic E-state index is 0.0508. The molecule has 1 fully saturated rings. The van der Waals surface area contributed by atoms with Gasteiger partial charge >= 0.3 is 17.9 Å². The number of fused-ring (bicyclic) bond motifs is 2. The number of carboxylic acids is 3. The average Bonchev–Trinajstić information content (AvgIpc) is 2.72. The second kappa shape index (κ2) is 3.33. The molecule has 4 atom stereocenters. The molecule has 0 saturated heterocycles. The number of hydrogen-bond donors (Lipinski definition) is 3. The van der Waals surface area contributed by atoms with Gasteiger partial charge in [0.25, 0.3) is 0 Å². The Hall–Kier alpha value is -1.85. The van der Waals surface area contributed by atoms with Gasteiger partial charge in [0.05, 0.1) is 11.8 Å². The topological polar surface area (TPSA) is 112 Å². The van der Waals surface area contributed by atoms with Crippen molar-refractivity contribution in [2.45, 2.75) is 6.42 Å². The van der Waals surface area contributed by atoms with E-state index in [9.17, 15) is 14.4 Å². The normalized spacial score (nSPS) is 35.9. The maximum Gasteiger partial charge on any atom is 0.331 e. The summed E-state index contributed by atoms with van der Waals surface area (Å²) < 4.78 is 0. The van der Waals surface area contributed by atoms with Crippen molar-refractivity contribution in [1.82, 2.24) is 0 Å². The maximum absolute atomic E-state index is 11.0. The van der Waals surface area contributed by atoms with Crippen LogP contribution in [0.3, 0.4) is 0 Å². The van der Waals surface area contributed by atoms with Crippen molar-refractivity contribution in [3.05, 3.63) is 11.6 Å². The van der Waals surface area contributed by atoms with Gasteiger partial charge in [-0.25, -0.2) is 4.79 Å². The lowest BCUT2D eigenvalue weighted by molar-refractivity contribution is -0.154. The molecule has 2 rings (SSSR count). The molecular formula is C10H10O6. The zero-order chi connectivity index (χ0) is 12.0. The first-order valence-electron chi connectivity index (χ1n) is 4.84. The molecule has 0 aliphatic heterocycles. The van der Waals surface area contributed by atoms with E-state index in [2.05, 4.69) is 0 Å². The summed E-state index contributed by atoms with van der Waals surface area (Å²) in [6, 6.07) is 0. The van der Waals surface area contributed by atoms with Crippen molar-refractivity contribution in [3.8, 4) is 0 Å². The zero-order valence-corrected chi connectivity index (χ0v) is 8.16. The average molecular weight is 226 g/mol. The second-order valence-corrected chi connectivity index (χ2v) is 4.16. The van der Waals surface area contributed by atoms with Gasteiger partial charge in [-0.3, -0.25) is 9.59 Å². The molecule has 4 unspecified atom stereocenters. The van der Waals surface area contributed by atoms with E-state index in [1.165, 1.54) is 6.08 Å². The maximum atomic E-state index is 11.0. The largest absolute Gasteiger partial charge is 0.481 e. The van der Waals surface area contributed by atoms with E-state index >= 15 is 0 Å². The third-order valence-electron chi connectivity index (χ3n) is 3.42. The summed E-state index contributed by atoms with van der Waals surface area (Å²) in [4.78, 5) is 32.8.